The van der Waals surface area contributed by atoms with Crippen LogP contribution < -0.4 is 4.90 Å². The Morgan fingerprint density at radius 1 is 1.44 bits per heavy atom. The fraction of sp³-hybridized carbons (Fsp3) is 0.818. The summed E-state index contributed by atoms with van der Waals surface area (Å²) in [5.41, 5.74) is 0. The Kier molecular flexibility index (Phi) is 4.12. The molecule has 0 aliphatic carbocycles. The van der Waals surface area contributed by atoms with Crippen LogP contribution in [0.5, 0.6) is 0 Å². The summed E-state index contributed by atoms with van der Waals surface area (Å²) in [6.45, 7) is 3.29. The van der Waals surface area contributed by atoms with Gasteiger partial charge in [0.05, 0.1) is 12.6 Å². The molecular weight excluding hydrogens is 222 g/mol. The lowest BCUT2D eigenvalue weighted by Crippen LogP contribution is -2.37. The first-order valence-electron chi connectivity index (χ1n) is 6.05. The van der Waals surface area contributed by atoms with Crippen molar-refractivity contribution in [3.8, 4) is 0 Å². The van der Waals surface area contributed by atoms with Gasteiger partial charge in [-0.1, -0.05) is 19.8 Å². The molecule has 0 amide bonds. The topological polar surface area (TPSA) is 49.2 Å². The van der Waals surface area contributed by atoms with Gasteiger partial charge in [-0.2, -0.15) is 4.37 Å². The summed E-state index contributed by atoms with van der Waals surface area (Å²) >= 11 is 1.46. The van der Waals surface area contributed by atoms with E-state index in [-0.39, 0.29) is 12.6 Å². The Bertz CT molecular complexity index is 329. The zero-order valence-corrected chi connectivity index (χ0v) is 10.5. The lowest BCUT2D eigenvalue weighted by molar-refractivity contribution is 0.255. The predicted octanol–water partition coefficient (Wildman–Crippen LogP) is 1.84. The van der Waals surface area contributed by atoms with Crippen LogP contribution >= 0.6 is 11.5 Å². The summed E-state index contributed by atoms with van der Waals surface area (Å²) < 4.78 is 4.32. The number of aliphatic hydroxyl groups is 1. The van der Waals surface area contributed by atoms with E-state index in [1.54, 1.807) is 0 Å². The number of rotatable bonds is 3. The van der Waals surface area contributed by atoms with Crippen LogP contribution in [0.4, 0.5) is 5.13 Å². The summed E-state index contributed by atoms with van der Waals surface area (Å²) in [6, 6.07) is 0.236. The molecule has 2 heterocycles. The molecule has 0 radical (unpaired) electrons. The zero-order chi connectivity index (χ0) is 11.4. The fourth-order valence-electron chi connectivity index (χ4n) is 2.12. The van der Waals surface area contributed by atoms with Gasteiger partial charge in [-0.3, -0.25) is 0 Å². The van der Waals surface area contributed by atoms with Crippen molar-refractivity contribution in [1.82, 2.24) is 9.36 Å². The molecule has 1 unspecified atom stereocenters. The van der Waals surface area contributed by atoms with Crippen molar-refractivity contribution >= 4 is 16.7 Å². The van der Waals surface area contributed by atoms with Gasteiger partial charge in [0, 0.05) is 24.5 Å². The normalized spacial score (nSPS) is 22.1. The summed E-state index contributed by atoms with van der Waals surface area (Å²) in [5.74, 6) is 0.918. The third-order valence-electron chi connectivity index (χ3n) is 3.11. The number of aliphatic hydroxyl groups excluding tert-OH is 1. The number of aryl methyl sites for hydroxylation is 1. The Hall–Kier alpha value is -0.680. The number of hydrogen-bond donors (Lipinski definition) is 1. The Morgan fingerprint density at radius 3 is 3.00 bits per heavy atom. The number of aromatic nitrogens is 2. The summed E-state index contributed by atoms with van der Waals surface area (Å²) in [5, 5.41) is 10.4. The quantitative estimate of drug-likeness (QED) is 0.877. The summed E-state index contributed by atoms with van der Waals surface area (Å²) in [6.07, 6.45) is 5.61. The summed E-state index contributed by atoms with van der Waals surface area (Å²) in [7, 11) is 0. The SMILES string of the molecule is CCc1nsc(N2CCCCCC2CO)n1. The first-order valence-corrected chi connectivity index (χ1v) is 6.82. The highest BCUT2D eigenvalue weighted by molar-refractivity contribution is 7.09. The Morgan fingerprint density at radius 2 is 2.31 bits per heavy atom. The van der Waals surface area contributed by atoms with Crippen LogP contribution in [0.3, 0.4) is 0 Å². The minimum absolute atomic E-state index is 0.223. The van der Waals surface area contributed by atoms with Gasteiger partial charge >= 0.3 is 0 Å². The maximum absolute atomic E-state index is 9.43. The molecule has 1 N–H and O–H groups in total. The van der Waals surface area contributed by atoms with Crippen molar-refractivity contribution in [2.24, 2.45) is 0 Å². The van der Waals surface area contributed by atoms with Gasteiger partial charge < -0.3 is 10.0 Å². The largest absolute Gasteiger partial charge is 0.394 e. The van der Waals surface area contributed by atoms with E-state index in [0.29, 0.717) is 0 Å². The third-order valence-corrected chi connectivity index (χ3v) is 3.90. The van der Waals surface area contributed by atoms with Crippen LogP contribution in [0, 0.1) is 0 Å². The first-order chi connectivity index (χ1) is 7.85. The van der Waals surface area contributed by atoms with Gasteiger partial charge in [-0.25, -0.2) is 4.98 Å². The molecule has 1 saturated heterocycles. The van der Waals surface area contributed by atoms with E-state index in [4.69, 9.17) is 0 Å². The molecule has 4 nitrogen and oxygen atoms in total. The molecule has 1 aromatic rings. The molecule has 1 atom stereocenters. The Labute approximate surface area is 100 Å². The molecule has 90 valence electrons. The second-order valence-corrected chi connectivity index (χ2v) is 4.96. The third kappa shape index (κ3) is 2.52. The van der Waals surface area contributed by atoms with E-state index in [1.807, 2.05) is 0 Å². The zero-order valence-electron chi connectivity index (χ0n) is 9.72. The van der Waals surface area contributed by atoms with Crippen molar-refractivity contribution in [2.75, 3.05) is 18.1 Å². The molecule has 5 heteroatoms. The Balaban J connectivity index is 2.14. The minimum Gasteiger partial charge on any atom is -0.394 e. The molecule has 1 aromatic heterocycles. The average Bonchev–Trinajstić information content (AvgIpc) is 2.66. The number of hydrogen-bond acceptors (Lipinski definition) is 5. The predicted molar refractivity (Wildman–Crippen MR) is 66.0 cm³/mol. The molecule has 0 spiro atoms. The van der Waals surface area contributed by atoms with E-state index in [0.717, 1.165) is 30.3 Å². The molecule has 0 aromatic carbocycles. The second-order valence-electron chi connectivity index (χ2n) is 4.23. The van der Waals surface area contributed by atoms with Gasteiger partial charge in [-0.05, 0) is 12.8 Å². The van der Waals surface area contributed by atoms with Gasteiger partial charge in [0.25, 0.3) is 0 Å². The number of anilines is 1. The molecule has 1 aliphatic heterocycles. The highest BCUT2D eigenvalue weighted by Gasteiger charge is 2.23. The van der Waals surface area contributed by atoms with Gasteiger partial charge in [-0.15, -0.1) is 0 Å². The maximum atomic E-state index is 9.43. The van der Waals surface area contributed by atoms with Crippen molar-refractivity contribution in [3.05, 3.63) is 5.82 Å². The molecule has 0 saturated carbocycles. The maximum Gasteiger partial charge on any atom is 0.205 e. The van der Waals surface area contributed by atoms with Crippen LogP contribution in [0.25, 0.3) is 0 Å². The molecule has 0 bridgehead atoms. The van der Waals surface area contributed by atoms with Gasteiger partial charge in [0.1, 0.15) is 5.82 Å². The molecule has 2 rings (SSSR count). The summed E-state index contributed by atoms with van der Waals surface area (Å²) in [4.78, 5) is 6.75. The van der Waals surface area contributed by atoms with Gasteiger partial charge in [0.2, 0.25) is 5.13 Å². The highest BCUT2D eigenvalue weighted by atomic mass is 32.1. The van der Waals surface area contributed by atoms with Crippen molar-refractivity contribution in [2.45, 2.75) is 45.1 Å². The second kappa shape index (κ2) is 5.59. The highest BCUT2D eigenvalue weighted by Crippen LogP contribution is 2.25. The van der Waals surface area contributed by atoms with E-state index in [2.05, 4.69) is 21.2 Å². The molecule has 1 aliphatic rings. The van der Waals surface area contributed by atoms with E-state index in [1.165, 1.54) is 30.8 Å². The van der Waals surface area contributed by atoms with Crippen molar-refractivity contribution in [1.29, 1.82) is 0 Å². The minimum atomic E-state index is 0.223. The van der Waals surface area contributed by atoms with E-state index >= 15 is 0 Å². The van der Waals surface area contributed by atoms with Crippen LogP contribution in [-0.2, 0) is 6.42 Å². The standard InChI is InChI=1S/C11H19N3OS/c1-2-10-12-11(16-13-10)14-7-5-3-4-6-9(14)8-15/h9,15H,2-8H2,1H3. The monoisotopic (exact) mass is 241 g/mol. The van der Waals surface area contributed by atoms with Crippen molar-refractivity contribution in [3.63, 3.8) is 0 Å². The lowest BCUT2D eigenvalue weighted by Gasteiger charge is -2.27. The molecule has 1 fully saturated rings. The van der Waals surface area contributed by atoms with Crippen LogP contribution in [-0.4, -0.2) is 33.7 Å². The molecule has 16 heavy (non-hydrogen) atoms. The van der Waals surface area contributed by atoms with Crippen LogP contribution in [0.1, 0.15) is 38.4 Å². The first kappa shape index (κ1) is 11.8. The van der Waals surface area contributed by atoms with E-state index < -0.39 is 0 Å². The van der Waals surface area contributed by atoms with Crippen molar-refractivity contribution < 1.29 is 5.11 Å². The van der Waals surface area contributed by atoms with Gasteiger partial charge in [0.15, 0.2) is 0 Å². The number of nitrogens with zero attached hydrogens (tertiary/aromatic N) is 3. The fourth-order valence-corrected chi connectivity index (χ4v) is 2.97. The molecular formula is C11H19N3OS. The average molecular weight is 241 g/mol. The van der Waals surface area contributed by atoms with Crippen LogP contribution in [0.2, 0.25) is 0 Å². The lowest BCUT2D eigenvalue weighted by atomic mass is 10.1. The van der Waals surface area contributed by atoms with E-state index in [9.17, 15) is 5.11 Å². The smallest absolute Gasteiger partial charge is 0.205 e. The van der Waals surface area contributed by atoms with Crippen LogP contribution in [0.15, 0.2) is 0 Å².